The van der Waals surface area contributed by atoms with E-state index in [1.807, 2.05) is 0 Å². The predicted octanol–water partition coefficient (Wildman–Crippen LogP) is 5.39. The molecule has 0 aliphatic rings. The summed E-state index contributed by atoms with van der Waals surface area (Å²) in [6.45, 7) is 0. The van der Waals surface area contributed by atoms with Crippen LogP contribution in [0.25, 0.3) is 22.0 Å². The molecule has 0 unspecified atom stereocenters. The monoisotopic (exact) mass is 528 g/mol. The van der Waals surface area contributed by atoms with Crippen LogP contribution in [-0.4, -0.2) is 21.8 Å². The molecule has 5 aromatic rings. The van der Waals surface area contributed by atoms with Gasteiger partial charge in [-0.1, -0.05) is 18.2 Å². The number of nitrogens with two attached hydrogens (primary N) is 1. The van der Waals surface area contributed by atoms with E-state index in [0.29, 0.717) is 44.4 Å². The van der Waals surface area contributed by atoms with E-state index in [9.17, 15) is 22.8 Å². The minimum absolute atomic E-state index is 0.0302. The molecule has 196 valence electrons. The maximum atomic E-state index is 14.0. The number of rotatable bonds is 8. The number of H-pyrrole nitrogens is 1. The van der Waals surface area contributed by atoms with Crippen LogP contribution in [0, 0.1) is 17.5 Å². The SMILES string of the molecule is NC(=O)c1cccc(-c2cccnc2[C@H](Cc2cc(F)cc(F)c2)NC(=O)Cc2c[nH]c3ccc(F)cc23)c1. The van der Waals surface area contributed by atoms with Crippen molar-refractivity contribution >= 4 is 22.7 Å². The highest BCUT2D eigenvalue weighted by Gasteiger charge is 2.22. The number of hydrogen-bond donors (Lipinski definition) is 3. The first kappa shape index (κ1) is 25.7. The molecule has 0 radical (unpaired) electrons. The van der Waals surface area contributed by atoms with Gasteiger partial charge in [0, 0.05) is 40.5 Å². The lowest BCUT2D eigenvalue weighted by Crippen LogP contribution is -2.32. The average molecular weight is 529 g/mol. The molecular formula is C30H23F3N4O2. The smallest absolute Gasteiger partial charge is 0.248 e. The predicted molar refractivity (Wildman–Crippen MR) is 141 cm³/mol. The van der Waals surface area contributed by atoms with Crippen molar-refractivity contribution in [3.05, 3.63) is 125 Å². The Kier molecular flexibility index (Phi) is 7.14. The van der Waals surface area contributed by atoms with Crippen LogP contribution in [0.5, 0.6) is 0 Å². The van der Waals surface area contributed by atoms with Crippen LogP contribution in [0.15, 0.2) is 85.2 Å². The van der Waals surface area contributed by atoms with E-state index in [-0.39, 0.29) is 12.8 Å². The number of carbonyl (C=O) groups is 2. The highest BCUT2D eigenvalue weighted by Crippen LogP contribution is 2.30. The summed E-state index contributed by atoms with van der Waals surface area (Å²) in [4.78, 5) is 32.6. The fraction of sp³-hybridized carbons (Fsp3) is 0.100. The zero-order valence-electron chi connectivity index (χ0n) is 20.5. The molecule has 0 saturated carbocycles. The van der Waals surface area contributed by atoms with Crippen LogP contribution in [0.3, 0.4) is 0 Å². The Labute approximate surface area is 221 Å². The fourth-order valence-corrected chi connectivity index (χ4v) is 4.68. The number of halogens is 3. The van der Waals surface area contributed by atoms with Gasteiger partial charge in [-0.25, -0.2) is 13.2 Å². The van der Waals surface area contributed by atoms with Crippen molar-refractivity contribution < 1.29 is 22.8 Å². The van der Waals surface area contributed by atoms with Gasteiger partial charge in [0.2, 0.25) is 11.8 Å². The van der Waals surface area contributed by atoms with E-state index in [1.54, 1.807) is 54.9 Å². The van der Waals surface area contributed by atoms with Crippen molar-refractivity contribution in [2.24, 2.45) is 5.73 Å². The van der Waals surface area contributed by atoms with Gasteiger partial charge < -0.3 is 16.0 Å². The number of pyridine rings is 1. The molecule has 3 aromatic carbocycles. The summed E-state index contributed by atoms with van der Waals surface area (Å²) in [5.41, 5.74) is 9.02. The molecule has 2 amide bonds. The molecule has 0 aliphatic heterocycles. The van der Waals surface area contributed by atoms with E-state index in [1.165, 1.54) is 24.3 Å². The van der Waals surface area contributed by atoms with Crippen LogP contribution >= 0.6 is 0 Å². The normalized spacial score (nSPS) is 11.9. The number of nitrogens with zero attached hydrogens (tertiary/aromatic N) is 1. The molecule has 0 fully saturated rings. The summed E-state index contributed by atoms with van der Waals surface area (Å²) < 4.78 is 41.9. The topological polar surface area (TPSA) is 101 Å². The van der Waals surface area contributed by atoms with Crippen molar-refractivity contribution in [1.29, 1.82) is 0 Å². The van der Waals surface area contributed by atoms with Gasteiger partial charge in [-0.2, -0.15) is 0 Å². The largest absolute Gasteiger partial charge is 0.366 e. The molecule has 2 aromatic heterocycles. The molecule has 0 spiro atoms. The summed E-state index contributed by atoms with van der Waals surface area (Å²) in [5, 5.41) is 3.52. The minimum Gasteiger partial charge on any atom is -0.366 e. The lowest BCUT2D eigenvalue weighted by atomic mass is 9.94. The van der Waals surface area contributed by atoms with Crippen molar-refractivity contribution in [1.82, 2.24) is 15.3 Å². The van der Waals surface area contributed by atoms with Crippen LogP contribution in [0.1, 0.15) is 33.2 Å². The number of aromatic nitrogens is 2. The number of nitrogens with one attached hydrogen (secondary N) is 2. The molecule has 2 heterocycles. The van der Waals surface area contributed by atoms with Crippen LogP contribution < -0.4 is 11.1 Å². The summed E-state index contributed by atoms with van der Waals surface area (Å²) >= 11 is 0. The quantitative estimate of drug-likeness (QED) is 0.252. The summed E-state index contributed by atoms with van der Waals surface area (Å²) in [6, 6.07) is 16.8. The number of amides is 2. The third kappa shape index (κ3) is 5.82. The molecular weight excluding hydrogens is 505 g/mol. The summed E-state index contributed by atoms with van der Waals surface area (Å²) in [5.74, 6) is -2.91. The number of aromatic amines is 1. The second-order valence-electron chi connectivity index (χ2n) is 9.16. The van der Waals surface area contributed by atoms with E-state index < -0.39 is 35.3 Å². The number of benzene rings is 3. The Morgan fingerprint density at radius 1 is 0.923 bits per heavy atom. The second-order valence-corrected chi connectivity index (χ2v) is 9.16. The third-order valence-corrected chi connectivity index (χ3v) is 6.40. The van der Waals surface area contributed by atoms with E-state index in [2.05, 4.69) is 15.3 Å². The van der Waals surface area contributed by atoms with Gasteiger partial charge in [-0.05, 0) is 71.6 Å². The maximum Gasteiger partial charge on any atom is 0.248 e. The number of hydrogen-bond acceptors (Lipinski definition) is 3. The zero-order chi connectivity index (χ0) is 27.5. The van der Waals surface area contributed by atoms with Gasteiger partial charge in [0.05, 0.1) is 18.2 Å². The summed E-state index contributed by atoms with van der Waals surface area (Å²) in [6.07, 6.45) is 3.14. The standard InChI is InChI=1S/C30H23F3N4O2/c31-21-6-7-26-25(15-21)20(16-36-26)13-28(38)37-27(11-17-9-22(32)14-23(33)10-17)29-24(5-2-8-35-29)18-3-1-4-19(12-18)30(34)39/h1-10,12,14-16,27,36H,11,13H2,(H2,34,39)(H,37,38)/t27-/m0/s1. The highest BCUT2D eigenvalue weighted by molar-refractivity contribution is 5.94. The van der Waals surface area contributed by atoms with Crippen LogP contribution in [-0.2, 0) is 17.6 Å². The molecule has 0 bridgehead atoms. The minimum atomic E-state index is -0.797. The molecule has 5 rings (SSSR count). The van der Waals surface area contributed by atoms with Gasteiger partial charge >= 0.3 is 0 Å². The molecule has 1 atom stereocenters. The molecule has 39 heavy (non-hydrogen) atoms. The van der Waals surface area contributed by atoms with Crippen molar-refractivity contribution in [3.63, 3.8) is 0 Å². The molecule has 4 N–H and O–H groups in total. The lowest BCUT2D eigenvalue weighted by Gasteiger charge is -2.22. The first-order valence-corrected chi connectivity index (χ1v) is 12.1. The first-order chi connectivity index (χ1) is 18.8. The molecule has 0 saturated heterocycles. The van der Waals surface area contributed by atoms with E-state index in [0.717, 1.165) is 6.07 Å². The molecule has 0 aliphatic carbocycles. The van der Waals surface area contributed by atoms with Crippen LogP contribution in [0.4, 0.5) is 13.2 Å². The Morgan fingerprint density at radius 2 is 1.72 bits per heavy atom. The van der Waals surface area contributed by atoms with Crippen molar-refractivity contribution in [3.8, 4) is 11.1 Å². The maximum absolute atomic E-state index is 14.0. The van der Waals surface area contributed by atoms with Crippen molar-refractivity contribution in [2.75, 3.05) is 0 Å². The average Bonchev–Trinajstić information content (AvgIpc) is 3.29. The van der Waals surface area contributed by atoms with Gasteiger partial charge in [0.25, 0.3) is 0 Å². The zero-order valence-corrected chi connectivity index (χ0v) is 20.5. The fourth-order valence-electron chi connectivity index (χ4n) is 4.68. The molecule has 9 heteroatoms. The number of carbonyl (C=O) groups excluding carboxylic acids is 2. The number of fused-ring (bicyclic) bond motifs is 1. The Balaban J connectivity index is 1.52. The van der Waals surface area contributed by atoms with Gasteiger partial charge in [0.15, 0.2) is 0 Å². The van der Waals surface area contributed by atoms with Gasteiger partial charge in [-0.3, -0.25) is 14.6 Å². The van der Waals surface area contributed by atoms with Gasteiger partial charge in [0.1, 0.15) is 17.5 Å². The van der Waals surface area contributed by atoms with Gasteiger partial charge in [-0.15, -0.1) is 0 Å². The Bertz CT molecular complexity index is 1680. The van der Waals surface area contributed by atoms with E-state index >= 15 is 0 Å². The van der Waals surface area contributed by atoms with Crippen molar-refractivity contribution in [2.45, 2.75) is 18.9 Å². The molecule has 6 nitrogen and oxygen atoms in total. The van der Waals surface area contributed by atoms with E-state index in [4.69, 9.17) is 5.73 Å². The third-order valence-electron chi connectivity index (χ3n) is 6.40. The Morgan fingerprint density at radius 3 is 2.49 bits per heavy atom. The number of primary amides is 1. The highest BCUT2D eigenvalue weighted by atomic mass is 19.1. The first-order valence-electron chi connectivity index (χ1n) is 12.1. The van der Waals surface area contributed by atoms with Crippen LogP contribution in [0.2, 0.25) is 0 Å². The Hall–Kier alpha value is -4.92. The lowest BCUT2D eigenvalue weighted by molar-refractivity contribution is -0.121. The second kappa shape index (κ2) is 10.8. The summed E-state index contributed by atoms with van der Waals surface area (Å²) in [7, 11) is 0.